The molecule has 0 aliphatic heterocycles. The largest absolute Gasteiger partial charge is 0.360 e. The molecule has 1 N–H and O–H groups in total. The van der Waals surface area contributed by atoms with Crippen molar-refractivity contribution in [2.24, 2.45) is 0 Å². The number of para-hydroxylation sites is 1. The first-order chi connectivity index (χ1) is 12.9. The van der Waals surface area contributed by atoms with Crippen molar-refractivity contribution in [3.63, 3.8) is 0 Å². The summed E-state index contributed by atoms with van der Waals surface area (Å²) >= 11 is 1.26. The van der Waals surface area contributed by atoms with Gasteiger partial charge in [0.25, 0.3) is 5.56 Å². The number of rotatable bonds is 6. The van der Waals surface area contributed by atoms with Crippen LogP contribution in [-0.4, -0.2) is 25.9 Å². The number of carbonyl (C=O) groups is 1. The average molecular weight is 386 g/mol. The summed E-state index contributed by atoms with van der Waals surface area (Å²) in [5, 5.41) is 7.14. The molecule has 0 saturated carbocycles. The van der Waals surface area contributed by atoms with Gasteiger partial charge in [-0.3, -0.25) is 14.2 Å². The lowest BCUT2D eigenvalue weighted by molar-refractivity contribution is -0.115. The third-order valence-electron chi connectivity index (χ3n) is 4.34. The number of nitrogens with zero attached hydrogens (tertiary/aromatic N) is 3. The maximum atomic E-state index is 13.0. The first-order valence-electron chi connectivity index (χ1n) is 8.82. The Kier molecular flexibility index (Phi) is 5.65. The Balaban J connectivity index is 1.92. The third-order valence-corrected chi connectivity index (χ3v) is 5.40. The van der Waals surface area contributed by atoms with Gasteiger partial charge < -0.3 is 9.84 Å². The molecule has 2 heterocycles. The van der Waals surface area contributed by atoms with Gasteiger partial charge in [0.2, 0.25) is 5.91 Å². The number of carbonyl (C=O) groups excluding carboxylic acids is 1. The average Bonchev–Trinajstić information content (AvgIpc) is 3.06. The van der Waals surface area contributed by atoms with Crippen LogP contribution in [0.2, 0.25) is 0 Å². The minimum absolute atomic E-state index is 0.0226. The number of aromatic nitrogens is 3. The molecule has 3 rings (SSSR count). The molecule has 0 fully saturated rings. The maximum Gasteiger partial charge on any atom is 0.262 e. The SMILES string of the molecule is CC[C@@H](C)n1c(S[C@@H](C)C(=O)Nc2cc(C)on2)nc2ccccc2c1=O. The second kappa shape index (κ2) is 7.96. The predicted molar refractivity (Wildman–Crippen MR) is 106 cm³/mol. The third kappa shape index (κ3) is 4.05. The zero-order valence-electron chi connectivity index (χ0n) is 15.7. The Morgan fingerprint density at radius 3 is 2.74 bits per heavy atom. The minimum atomic E-state index is -0.467. The molecule has 2 aromatic heterocycles. The van der Waals surface area contributed by atoms with E-state index >= 15 is 0 Å². The normalized spacial score (nSPS) is 13.5. The fourth-order valence-corrected chi connectivity index (χ4v) is 3.65. The first-order valence-corrected chi connectivity index (χ1v) is 9.70. The van der Waals surface area contributed by atoms with E-state index in [9.17, 15) is 9.59 Å². The number of aryl methyl sites for hydroxylation is 1. The molecule has 0 radical (unpaired) electrons. The van der Waals surface area contributed by atoms with Gasteiger partial charge in [-0.2, -0.15) is 0 Å². The summed E-state index contributed by atoms with van der Waals surface area (Å²) < 4.78 is 6.64. The van der Waals surface area contributed by atoms with Crippen LogP contribution < -0.4 is 10.9 Å². The maximum absolute atomic E-state index is 13.0. The van der Waals surface area contributed by atoms with Gasteiger partial charge in [-0.15, -0.1) is 0 Å². The van der Waals surface area contributed by atoms with Gasteiger partial charge in [0.1, 0.15) is 5.76 Å². The van der Waals surface area contributed by atoms with Crippen LogP contribution in [0.1, 0.15) is 39.0 Å². The molecule has 3 aromatic rings. The van der Waals surface area contributed by atoms with E-state index in [1.165, 1.54) is 11.8 Å². The molecule has 142 valence electrons. The number of thioether (sulfide) groups is 1. The van der Waals surface area contributed by atoms with Crippen LogP contribution >= 0.6 is 11.8 Å². The standard InChI is InChI=1S/C19H22N4O3S/c1-5-11(2)23-18(25)14-8-6-7-9-15(14)20-19(23)27-13(4)17(24)21-16-10-12(3)26-22-16/h6-11,13H,5H2,1-4H3,(H,21,22,24)/t11-,13+/m1/s1. The summed E-state index contributed by atoms with van der Waals surface area (Å²) in [6, 6.07) is 8.89. The van der Waals surface area contributed by atoms with Gasteiger partial charge in [-0.1, -0.05) is 36.0 Å². The van der Waals surface area contributed by atoms with Crippen LogP contribution in [-0.2, 0) is 4.79 Å². The molecule has 2 atom stereocenters. The number of amides is 1. The second-order valence-corrected chi connectivity index (χ2v) is 7.72. The van der Waals surface area contributed by atoms with E-state index in [4.69, 9.17) is 4.52 Å². The number of hydrogen-bond acceptors (Lipinski definition) is 6. The number of fused-ring (bicyclic) bond motifs is 1. The van der Waals surface area contributed by atoms with E-state index in [2.05, 4.69) is 15.5 Å². The molecule has 0 saturated heterocycles. The van der Waals surface area contributed by atoms with Crippen molar-refractivity contribution < 1.29 is 9.32 Å². The van der Waals surface area contributed by atoms with Crippen LogP contribution in [0.4, 0.5) is 5.82 Å². The summed E-state index contributed by atoms with van der Waals surface area (Å²) in [4.78, 5) is 30.1. The summed E-state index contributed by atoms with van der Waals surface area (Å²) in [5.41, 5.74) is 0.543. The van der Waals surface area contributed by atoms with Crippen LogP contribution in [0.15, 0.2) is 44.8 Å². The van der Waals surface area contributed by atoms with E-state index in [1.807, 2.05) is 32.0 Å². The lowest BCUT2D eigenvalue weighted by Crippen LogP contribution is -2.28. The number of benzene rings is 1. The van der Waals surface area contributed by atoms with Gasteiger partial charge in [-0.25, -0.2) is 4.98 Å². The van der Waals surface area contributed by atoms with Crippen LogP contribution in [0.25, 0.3) is 10.9 Å². The molecule has 0 aliphatic carbocycles. The molecule has 8 heteroatoms. The van der Waals surface area contributed by atoms with Crippen molar-refractivity contribution in [1.82, 2.24) is 14.7 Å². The quantitative estimate of drug-likeness (QED) is 0.512. The molecule has 0 unspecified atom stereocenters. The van der Waals surface area contributed by atoms with Gasteiger partial charge in [0.05, 0.1) is 16.2 Å². The monoisotopic (exact) mass is 386 g/mol. The highest BCUT2D eigenvalue weighted by Crippen LogP contribution is 2.26. The Labute approximate surface area is 161 Å². The first kappa shape index (κ1) is 19.2. The molecule has 0 bridgehead atoms. The molecule has 1 aromatic carbocycles. The van der Waals surface area contributed by atoms with Gasteiger partial charge >= 0.3 is 0 Å². The van der Waals surface area contributed by atoms with Crippen molar-refractivity contribution in [2.45, 2.75) is 50.6 Å². The molecule has 7 nitrogen and oxygen atoms in total. The number of hydrogen-bond donors (Lipinski definition) is 1. The lowest BCUT2D eigenvalue weighted by Gasteiger charge is -2.19. The van der Waals surface area contributed by atoms with Crippen LogP contribution in [0, 0.1) is 6.92 Å². The highest BCUT2D eigenvalue weighted by Gasteiger charge is 2.22. The fourth-order valence-electron chi connectivity index (χ4n) is 2.64. The fraction of sp³-hybridized carbons (Fsp3) is 0.368. The molecular weight excluding hydrogens is 364 g/mol. The Morgan fingerprint density at radius 1 is 1.33 bits per heavy atom. The zero-order valence-corrected chi connectivity index (χ0v) is 16.5. The molecular formula is C19H22N4O3S. The summed E-state index contributed by atoms with van der Waals surface area (Å²) in [6.45, 7) is 7.52. The van der Waals surface area contributed by atoms with Crippen molar-refractivity contribution in [1.29, 1.82) is 0 Å². The highest BCUT2D eigenvalue weighted by molar-refractivity contribution is 8.00. The topological polar surface area (TPSA) is 90.0 Å². The van der Waals surface area contributed by atoms with E-state index in [0.29, 0.717) is 27.6 Å². The summed E-state index contributed by atoms with van der Waals surface area (Å²) in [6.07, 6.45) is 0.784. The van der Waals surface area contributed by atoms with Gasteiger partial charge in [0, 0.05) is 12.1 Å². The van der Waals surface area contributed by atoms with Crippen LogP contribution in [0.3, 0.4) is 0 Å². The molecule has 1 amide bonds. The molecule has 27 heavy (non-hydrogen) atoms. The smallest absolute Gasteiger partial charge is 0.262 e. The van der Waals surface area contributed by atoms with E-state index in [1.54, 1.807) is 30.5 Å². The summed E-state index contributed by atoms with van der Waals surface area (Å²) in [7, 11) is 0. The molecule has 0 aliphatic rings. The number of nitrogens with one attached hydrogen (secondary N) is 1. The van der Waals surface area contributed by atoms with E-state index in [-0.39, 0.29) is 17.5 Å². The Bertz CT molecular complexity index is 1030. The summed E-state index contributed by atoms with van der Waals surface area (Å²) in [5.74, 6) is 0.759. The van der Waals surface area contributed by atoms with E-state index < -0.39 is 5.25 Å². The van der Waals surface area contributed by atoms with Crippen molar-refractivity contribution in [3.05, 3.63) is 46.4 Å². The van der Waals surface area contributed by atoms with Crippen molar-refractivity contribution in [3.8, 4) is 0 Å². The minimum Gasteiger partial charge on any atom is -0.360 e. The predicted octanol–water partition coefficient (Wildman–Crippen LogP) is 3.78. The Morgan fingerprint density at radius 2 is 2.07 bits per heavy atom. The number of anilines is 1. The van der Waals surface area contributed by atoms with Crippen LogP contribution in [0.5, 0.6) is 0 Å². The zero-order chi connectivity index (χ0) is 19.6. The molecule has 0 spiro atoms. The van der Waals surface area contributed by atoms with Crippen molar-refractivity contribution in [2.75, 3.05) is 5.32 Å². The van der Waals surface area contributed by atoms with Crippen molar-refractivity contribution >= 4 is 34.4 Å². The van der Waals surface area contributed by atoms with Gasteiger partial charge in [0.15, 0.2) is 11.0 Å². The van der Waals surface area contributed by atoms with Gasteiger partial charge in [-0.05, 0) is 39.3 Å². The van der Waals surface area contributed by atoms with E-state index in [0.717, 1.165) is 6.42 Å². The highest BCUT2D eigenvalue weighted by atomic mass is 32.2. The second-order valence-electron chi connectivity index (χ2n) is 6.42. The lowest BCUT2D eigenvalue weighted by atomic mass is 10.2. The Hall–Kier alpha value is -2.61.